The zero-order valence-electron chi connectivity index (χ0n) is 35.4. The predicted molar refractivity (Wildman–Crippen MR) is 262 cm³/mol. The van der Waals surface area contributed by atoms with Crippen molar-refractivity contribution in [2.45, 2.75) is 137 Å². The molecular weight excluding hydrogens is 793 g/mol. The van der Waals surface area contributed by atoms with E-state index in [0.717, 1.165) is 12.8 Å². The van der Waals surface area contributed by atoms with Gasteiger partial charge in [0.2, 0.25) is 0 Å². The summed E-state index contributed by atoms with van der Waals surface area (Å²) in [5.41, 5.74) is 3.66. The number of thiophene rings is 4. The van der Waals surface area contributed by atoms with E-state index in [2.05, 4.69) is 195 Å². The van der Waals surface area contributed by atoms with Crippen LogP contribution in [0.1, 0.15) is 150 Å². The quantitative estimate of drug-likeness (QED) is 0.162. The average molecular weight is 849 g/mol. The largest absolute Gasteiger partial charge is 0.140 e. The summed E-state index contributed by atoms with van der Waals surface area (Å²) in [5.74, 6) is 1.55. The number of fused-ring (bicyclic) bond motifs is 21. The molecule has 0 bridgehead atoms. The fraction of sp³-hybridized carbons (Fsp3) is 0.480. The molecule has 2 aliphatic heterocycles. The van der Waals surface area contributed by atoms with Crippen molar-refractivity contribution in [1.29, 1.82) is 0 Å². The van der Waals surface area contributed by atoms with E-state index in [1.807, 2.05) is 0 Å². The van der Waals surface area contributed by atoms with Gasteiger partial charge in [-0.05, 0) is 86.6 Å². The second-order valence-corrected chi connectivity index (χ2v) is 26.8. The fourth-order valence-corrected chi connectivity index (χ4v) is 18.0. The number of rotatable bonds is 4. The van der Waals surface area contributed by atoms with Crippen LogP contribution < -0.4 is 0 Å². The van der Waals surface area contributed by atoms with Crippen molar-refractivity contribution in [3.8, 4) is 0 Å². The van der Waals surface area contributed by atoms with Gasteiger partial charge in [0.05, 0.1) is 0 Å². The molecule has 0 nitrogen and oxygen atoms in total. The lowest BCUT2D eigenvalue weighted by atomic mass is 9.71. The van der Waals surface area contributed by atoms with Crippen molar-refractivity contribution >= 4 is 131 Å². The first-order valence-electron chi connectivity index (χ1n) is 21.0. The Bertz CT molecular complexity index is 2860. The normalized spacial score (nSPS) is 22.2. The van der Waals surface area contributed by atoms with Gasteiger partial charge in [-0.1, -0.05) is 102 Å². The molecule has 5 unspecified atom stereocenters. The molecule has 0 amide bonds. The SMILES string of the molecule is CCC1=CC2C(S1)c1c(c3c4sc(CC)cc4c4cc(C(C)(C)C)sc4c3c3c4sc(C(C)(C)C)cc4c4cc(C(C)CC)sc4c13)C1SC(C(C)(C)C)=CC12. The van der Waals surface area contributed by atoms with E-state index in [-0.39, 0.29) is 16.2 Å². The first kappa shape index (κ1) is 38.4. The van der Waals surface area contributed by atoms with Crippen molar-refractivity contribution in [2.75, 3.05) is 0 Å². The summed E-state index contributed by atoms with van der Waals surface area (Å²) >= 11 is 12.9. The summed E-state index contributed by atoms with van der Waals surface area (Å²) in [5, 5.41) is 13.1. The van der Waals surface area contributed by atoms with Gasteiger partial charge in [-0.25, -0.2) is 0 Å². The summed E-state index contributed by atoms with van der Waals surface area (Å²) < 4.78 is 6.14. The smallest absolute Gasteiger partial charge is 0.0438 e. The van der Waals surface area contributed by atoms with Crippen LogP contribution in [-0.2, 0) is 17.3 Å². The topological polar surface area (TPSA) is 0 Å². The molecule has 10 rings (SSSR count). The van der Waals surface area contributed by atoms with Gasteiger partial charge in [0.15, 0.2) is 0 Å². The van der Waals surface area contributed by atoms with Crippen LogP contribution in [0, 0.1) is 17.3 Å². The Kier molecular flexibility index (Phi) is 8.81. The van der Waals surface area contributed by atoms with Gasteiger partial charge in [0, 0.05) is 104 Å². The van der Waals surface area contributed by atoms with E-state index in [9.17, 15) is 0 Å². The maximum absolute atomic E-state index is 2.76. The van der Waals surface area contributed by atoms with Gasteiger partial charge < -0.3 is 0 Å². The van der Waals surface area contributed by atoms with Crippen molar-refractivity contribution < 1.29 is 0 Å². The van der Waals surface area contributed by atoms with E-state index < -0.39 is 0 Å². The molecule has 0 fully saturated rings. The first-order chi connectivity index (χ1) is 26.4. The Morgan fingerprint density at radius 2 is 1.04 bits per heavy atom. The third-order valence-electron chi connectivity index (χ3n) is 13.0. The zero-order valence-corrected chi connectivity index (χ0v) is 40.3. The van der Waals surface area contributed by atoms with Gasteiger partial charge in [-0.2, -0.15) is 0 Å². The number of benzene rings is 3. The summed E-state index contributed by atoms with van der Waals surface area (Å²) in [7, 11) is 0. The Morgan fingerprint density at radius 3 is 1.55 bits per heavy atom. The van der Waals surface area contributed by atoms with Crippen LogP contribution in [0.5, 0.6) is 0 Å². The highest BCUT2D eigenvalue weighted by Crippen LogP contribution is 2.70. The van der Waals surface area contributed by atoms with E-state index in [4.69, 9.17) is 0 Å². The van der Waals surface area contributed by atoms with Crippen LogP contribution in [0.4, 0.5) is 0 Å². The molecule has 0 N–H and O–H groups in total. The summed E-state index contributed by atoms with van der Waals surface area (Å²) in [6.07, 6.45) is 8.86. The third kappa shape index (κ3) is 5.47. The molecule has 7 aromatic rings. The maximum atomic E-state index is 2.76. The third-order valence-corrected chi connectivity index (χ3v) is 22.2. The second-order valence-electron chi connectivity index (χ2n) is 20.0. The monoisotopic (exact) mass is 848 g/mol. The molecule has 6 heterocycles. The predicted octanol–water partition coefficient (Wildman–Crippen LogP) is 18.6. The van der Waals surface area contributed by atoms with Crippen LogP contribution in [0.3, 0.4) is 0 Å². The molecule has 5 atom stereocenters. The molecule has 0 radical (unpaired) electrons. The lowest BCUT2D eigenvalue weighted by Gasteiger charge is -2.39. The van der Waals surface area contributed by atoms with Gasteiger partial charge in [-0.15, -0.1) is 68.9 Å². The van der Waals surface area contributed by atoms with E-state index in [0.29, 0.717) is 28.3 Å². The molecule has 4 aromatic heterocycles. The van der Waals surface area contributed by atoms with Gasteiger partial charge >= 0.3 is 0 Å². The molecule has 292 valence electrons. The molecule has 0 saturated heterocycles. The van der Waals surface area contributed by atoms with Crippen LogP contribution in [-0.4, -0.2) is 0 Å². The van der Waals surface area contributed by atoms with Crippen molar-refractivity contribution in [1.82, 2.24) is 0 Å². The van der Waals surface area contributed by atoms with Crippen molar-refractivity contribution in [3.63, 3.8) is 0 Å². The number of hydrogen-bond acceptors (Lipinski definition) is 6. The Labute approximate surface area is 358 Å². The van der Waals surface area contributed by atoms with Crippen molar-refractivity contribution in [3.05, 3.63) is 76.9 Å². The lowest BCUT2D eigenvalue weighted by Crippen LogP contribution is -2.25. The molecule has 56 heavy (non-hydrogen) atoms. The average Bonchev–Trinajstić information content (AvgIpc) is 3.97. The first-order valence-corrected chi connectivity index (χ1v) is 26.0. The van der Waals surface area contributed by atoms with Gasteiger partial charge in [0.1, 0.15) is 0 Å². The zero-order chi connectivity index (χ0) is 39.5. The maximum Gasteiger partial charge on any atom is 0.0438 e. The van der Waals surface area contributed by atoms with Crippen LogP contribution in [0.2, 0.25) is 0 Å². The molecule has 0 saturated carbocycles. The molecule has 1 aliphatic carbocycles. The molecule has 0 spiro atoms. The summed E-state index contributed by atoms with van der Waals surface area (Å²) in [6, 6.07) is 10.4. The highest BCUT2D eigenvalue weighted by atomic mass is 32.2. The van der Waals surface area contributed by atoms with Crippen LogP contribution in [0.15, 0.2) is 46.2 Å². The standard InChI is InChI=1S/C50H56S6/c1-14-23(4)32-19-28-31-22-35(50(11,12)13)56-47(31)41-38(44(28)53-32)36-39(45-29(20-33(54-45)48(5,6)7)26-17-24(15-2)51-42(26)36)37-40(41)46-30(21-34(55-46)49(8,9)10)27-18-25(16-3)52-43(27)37/h17-23,26,29,42,45H,14-16H2,1-13H3. The molecule has 3 aromatic carbocycles. The van der Waals surface area contributed by atoms with Crippen LogP contribution >= 0.6 is 68.9 Å². The fourth-order valence-electron chi connectivity index (χ4n) is 9.70. The Balaban J connectivity index is 1.52. The number of aryl methyl sites for hydroxylation is 1. The minimum Gasteiger partial charge on any atom is -0.140 e. The van der Waals surface area contributed by atoms with Gasteiger partial charge in [-0.3, -0.25) is 0 Å². The molecular formula is C50H56S6. The second kappa shape index (κ2) is 12.9. The number of allylic oxidation sites excluding steroid dienone is 4. The van der Waals surface area contributed by atoms with E-state index in [1.54, 1.807) is 56.8 Å². The van der Waals surface area contributed by atoms with E-state index >= 15 is 0 Å². The Hall–Kier alpha value is -1.80. The van der Waals surface area contributed by atoms with Crippen molar-refractivity contribution in [2.24, 2.45) is 17.3 Å². The van der Waals surface area contributed by atoms with Crippen LogP contribution in [0.25, 0.3) is 61.9 Å². The minimum atomic E-state index is 0.0751. The number of thioether (sulfide) groups is 2. The van der Waals surface area contributed by atoms with Gasteiger partial charge in [0.25, 0.3) is 0 Å². The highest BCUT2D eigenvalue weighted by Gasteiger charge is 2.50. The summed E-state index contributed by atoms with van der Waals surface area (Å²) in [4.78, 5) is 9.24. The molecule has 6 heteroatoms. The Morgan fingerprint density at radius 1 is 0.536 bits per heavy atom. The highest BCUT2D eigenvalue weighted by molar-refractivity contribution is 8.04. The summed E-state index contributed by atoms with van der Waals surface area (Å²) in [6.45, 7) is 31.4. The minimum absolute atomic E-state index is 0.0751. The van der Waals surface area contributed by atoms with E-state index in [1.165, 1.54) is 52.0 Å². The lowest BCUT2D eigenvalue weighted by molar-refractivity contribution is 0.437. The number of hydrogen-bond donors (Lipinski definition) is 0. The molecule has 3 aliphatic rings.